The third kappa shape index (κ3) is 3.69. The quantitative estimate of drug-likeness (QED) is 0.780. The van der Waals surface area contributed by atoms with Crippen LogP contribution < -0.4 is 5.32 Å². The largest absolute Gasteiger partial charge is 0.384 e. The zero-order valence-corrected chi connectivity index (χ0v) is 10.2. The molecule has 0 aliphatic heterocycles. The highest BCUT2D eigenvalue weighted by Gasteiger charge is 2.08. The number of hydrogen-bond acceptors (Lipinski definition) is 3. The van der Waals surface area contributed by atoms with Crippen molar-refractivity contribution in [3.63, 3.8) is 0 Å². The van der Waals surface area contributed by atoms with Crippen molar-refractivity contribution in [1.82, 2.24) is 5.32 Å². The van der Waals surface area contributed by atoms with Crippen molar-refractivity contribution in [2.45, 2.75) is 20.4 Å². The molecule has 1 aromatic heterocycles. The van der Waals surface area contributed by atoms with Crippen LogP contribution in [0.15, 0.2) is 11.4 Å². The SMILES string of the molecule is CC(C)C(=O)NCc1sccc1C#CCO. The number of nitrogens with one attached hydrogen (secondary N) is 1. The van der Waals surface area contributed by atoms with Crippen LogP contribution in [0.1, 0.15) is 24.3 Å². The first kappa shape index (κ1) is 12.8. The number of carbonyl (C=O) groups excluding carboxylic acids is 1. The minimum absolute atomic E-state index is 0.00746. The van der Waals surface area contributed by atoms with Crippen LogP contribution in [0.4, 0.5) is 0 Å². The van der Waals surface area contributed by atoms with Crippen LogP contribution in [0.2, 0.25) is 0 Å². The van der Waals surface area contributed by atoms with Crippen LogP contribution in [0.3, 0.4) is 0 Å². The van der Waals surface area contributed by atoms with E-state index in [0.29, 0.717) is 6.54 Å². The molecule has 4 heteroatoms. The molecule has 0 aliphatic rings. The maximum Gasteiger partial charge on any atom is 0.222 e. The van der Waals surface area contributed by atoms with Crippen molar-refractivity contribution in [3.05, 3.63) is 21.9 Å². The summed E-state index contributed by atoms with van der Waals surface area (Å²) in [5.74, 6) is 5.49. The molecule has 0 aromatic carbocycles. The average molecular weight is 237 g/mol. The topological polar surface area (TPSA) is 49.3 Å². The van der Waals surface area contributed by atoms with Crippen molar-refractivity contribution in [3.8, 4) is 11.8 Å². The lowest BCUT2D eigenvalue weighted by Gasteiger charge is -2.06. The molecule has 16 heavy (non-hydrogen) atoms. The maximum absolute atomic E-state index is 11.4. The molecule has 0 spiro atoms. The summed E-state index contributed by atoms with van der Waals surface area (Å²) in [4.78, 5) is 12.4. The van der Waals surface area contributed by atoms with Crippen molar-refractivity contribution in [2.24, 2.45) is 5.92 Å². The molecule has 1 heterocycles. The Morgan fingerprint density at radius 3 is 3.00 bits per heavy atom. The minimum Gasteiger partial charge on any atom is -0.384 e. The van der Waals surface area contributed by atoms with Gasteiger partial charge in [-0.2, -0.15) is 0 Å². The van der Waals surface area contributed by atoms with Gasteiger partial charge in [0.2, 0.25) is 5.91 Å². The molecule has 3 nitrogen and oxygen atoms in total. The molecule has 1 rings (SSSR count). The Hall–Kier alpha value is -1.31. The summed E-state index contributed by atoms with van der Waals surface area (Å²) in [5, 5.41) is 13.4. The Balaban J connectivity index is 2.61. The van der Waals surface area contributed by atoms with Gasteiger partial charge in [0.15, 0.2) is 0 Å². The molecule has 1 amide bonds. The Morgan fingerprint density at radius 2 is 2.38 bits per heavy atom. The fourth-order valence-electron chi connectivity index (χ4n) is 1.10. The number of thiophene rings is 1. The van der Waals surface area contributed by atoms with Crippen molar-refractivity contribution >= 4 is 17.2 Å². The number of amides is 1. The van der Waals surface area contributed by atoms with Crippen LogP contribution in [0, 0.1) is 17.8 Å². The second-order valence-corrected chi connectivity index (χ2v) is 4.59. The third-order valence-corrected chi connectivity index (χ3v) is 2.92. The number of rotatable bonds is 3. The number of carbonyl (C=O) groups is 1. The van der Waals surface area contributed by atoms with Crippen molar-refractivity contribution in [2.75, 3.05) is 6.61 Å². The molecule has 0 saturated heterocycles. The fourth-order valence-corrected chi connectivity index (χ4v) is 1.87. The van der Waals surface area contributed by atoms with Gasteiger partial charge in [-0.3, -0.25) is 4.79 Å². The summed E-state index contributed by atoms with van der Waals surface area (Å²) in [6.45, 7) is 4.07. The molecule has 0 saturated carbocycles. The molecule has 0 atom stereocenters. The van der Waals surface area contributed by atoms with Gasteiger partial charge in [0.05, 0.1) is 6.54 Å². The Labute approximate surface area is 99.5 Å². The number of aliphatic hydroxyl groups excluding tert-OH is 1. The second-order valence-electron chi connectivity index (χ2n) is 3.59. The molecule has 0 radical (unpaired) electrons. The van der Waals surface area contributed by atoms with E-state index in [4.69, 9.17) is 5.11 Å². The molecular formula is C12H15NO2S. The first-order chi connectivity index (χ1) is 7.65. The van der Waals surface area contributed by atoms with Crippen LogP contribution in [-0.2, 0) is 11.3 Å². The third-order valence-electron chi connectivity index (χ3n) is 2.00. The minimum atomic E-state index is -0.145. The van der Waals surface area contributed by atoms with Gasteiger partial charge in [0.25, 0.3) is 0 Å². The van der Waals surface area contributed by atoms with Gasteiger partial charge >= 0.3 is 0 Å². The lowest BCUT2D eigenvalue weighted by Crippen LogP contribution is -2.26. The van der Waals surface area contributed by atoms with Crippen LogP contribution in [0.25, 0.3) is 0 Å². The van der Waals surface area contributed by atoms with E-state index in [-0.39, 0.29) is 18.4 Å². The maximum atomic E-state index is 11.4. The smallest absolute Gasteiger partial charge is 0.222 e. The van der Waals surface area contributed by atoms with E-state index < -0.39 is 0 Å². The van der Waals surface area contributed by atoms with Gasteiger partial charge < -0.3 is 10.4 Å². The molecule has 2 N–H and O–H groups in total. The summed E-state index contributed by atoms with van der Waals surface area (Å²) < 4.78 is 0. The van der Waals surface area contributed by atoms with Gasteiger partial charge in [-0.25, -0.2) is 0 Å². The van der Waals surface area contributed by atoms with Gasteiger partial charge in [0.1, 0.15) is 6.61 Å². The molecular weight excluding hydrogens is 222 g/mol. The van der Waals surface area contributed by atoms with E-state index in [0.717, 1.165) is 10.4 Å². The first-order valence-corrected chi connectivity index (χ1v) is 5.97. The first-order valence-electron chi connectivity index (χ1n) is 5.09. The van der Waals surface area contributed by atoms with E-state index in [1.807, 2.05) is 25.3 Å². The zero-order chi connectivity index (χ0) is 12.0. The number of aliphatic hydroxyl groups is 1. The van der Waals surface area contributed by atoms with Crippen LogP contribution in [-0.4, -0.2) is 17.6 Å². The molecule has 0 fully saturated rings. The van der Waals surface area contributed by atoms with Crippen LogP contribution >= 0.6 is 11.3 Å². The molecule has 0 bridgehead atoms. The fraction of sp³-hybridized carbons (Fsp3) is 0.417. The lowest BCUT2D eigenvalue weighted by molar-refractivity contribution is -0.124. The van der Waals surface area contributed by atoms with Crippen LogP contribution in [0.5, 0.6) is 0 Å². The predicted octanol–water partition coefficient (Wildman–Crippen LogP) is 1.36. The molecule has 86 valence electrons. The Kier molecular flexibility index (Phi) is 5.03. The van der Waals surface area contributed by atoms with Crippen molar-refractivity contribution in [1.29, 1.82) is 0 Å². The Bertz CT molecular complexity index is 412. The van der Waals surface area contributed by atoms with Crippen molar-refractivity contribution < 1.29 is 9.90 Å². The summed E-state index contributed by atoms with van der Waals surface area (Å²) in [6.07, 6.45) is 0. The highest BCUT2D eigenvalue weighted by Crippen LogP contribution is 2.15. The number of hydrogen-bond donors (Lipinski definition) is 2. The summed E-state index contributed by atoms with van der Waals surface area (Å²) in [7, 11) is 0. The van der Waals surface area contributed by atoms with Gasteiger partial charge in [-0.05, 0) is 11.4 Å². The van der Waals surface area contributed by atoms with E-state index >= 15 is 0 Å². The highest BCUT2D eigenvalue weighted by molar-refractivity contribution is 7.10. The van der Waals surface area contributed by atoms with Gasteiger partial charge in [-0.15, -0.1) is 11.3 Å². The normalized spacial score (nSPS) is 9.75. The standard InChI is InChI=1S/C12H15NO2S/c1-9(2)12(15)13-8-11-10(4-3-6-14)5-7-16-11/h5,7,9,14H,6,8H2,1-2H3,(H,13,15). The van der Waals surface area contributed by atoms with E-state index in [1.165, 1.54) is 0 Å². The highest BCUT2D eigenvalue weighted by atomic mass is 32.1. The monoisotopic (exact) mass is 237 g/mol. The van der Waals surface area contributed by atoms with E-state index in [2.05, 4.69) is 17.2 Å². The zero-order valence-electron chi connectivity index (χ0n) is 9.41. The summed E-state index contributed by atoms with van der Waals surface area (Å²) in [6, 6.07) is 1.89. The second kappa shape index (κ2) is 6.31. The average Bonchev–Trinajstić information content (AvgIpc) is 2.70. The van der Waals surface area contributed by atoms with Gasteiger partial charge in [-0.1, -0.05) is 25.7 Å². The molecule has 0 aliphatic carbocycles. The molecule has 1 aromatic rings. The lowest BCUT2D eigenvalue weighted by atomic mass is 10.2. The van der Waals surface area contributed by atoms with E-state index in [9.17, 15) is 4.79 Å². The van der Waals surface area contributed by atoms with Gasteiger partial charge in [0, 0.05) is 16.4 Å². The Morgan fingerprint density at radius 1 is 1.62 bits per heavy atom. The summed E-state index contributed by atoms with van der Waals surface area (Å²) >= 11 is 1.55. The summed E-state index contributed by atoms with van der Waals surface area (Å²) in [5.41, 5.74) is 0.878. The van der Waals surface area contributed by atoms with E-state index in [1.54, 1.807) is 11.3 Å². The predicted molar refractivity (Wildman–Crippen MR) is 65.0 cm³/mol. The molecule has 0 unspecified atom stereocenters.